The van der Waals surface area contributed by atoms with E-state index >= 15 is 0 Å². The van der Waals surface area contributed by atoms with Crippen LogP contribution in [-0.2, 0) is 4.79 Å². The molecule has 0 spiro atoms. The van der Waals surface area contributed by atoms with E-state index in [1.807, 2.05) is 0 Å². The van der Waals surface area contributed by atoms with Crippen molar-refractivity contribution in [2.45, 2.75) is 0 Å². The molecule has 7 nitrogen and oxygen atoms in total. The number of esters is 1. The molecule has 0 atom stereocenters. The monoisotopic (exact) mass is 530 g/mol. The average Bonchev–Trinajstić information content (AvgIpc) is 2.89. The van der Waals surface area contributed by atoms with Crippen molar-refractivity contribution >= 4 is 27.9 Å². The van der Waals surface area contributed by atoms with E-state index in [0.29, 0.717) is 11.0 Å². The molecule has 0 fully saturated rings. The van der Waals surface area contributed by atoms with E-state index in [0.717, 1.165) is 12.1 Å². The van der Waals surface area contributed by atoms with Crippen LogP contribution in [0, 0.1) is 29.1 Å². The smallest absolute Gasteiger partial charge is 0.349 e. The van der Waals surface area contributed by atoms with E-state index in [9.17, 15) is 36.3 Å². The Hall–Kier alpha value is -5.00. The van der Waals surface area contributed by atoms with E-state index in [4.69, 9.17) is 13.6 Å². The van der Waals surface area contributed by atoms with Crippen molar-refractivity contribution in [3.63, 3.8) is 0 Å². The Morgan fingerprint density at radius 1 is 0.737 bits per heavy atom. The highest BCUT2D eigenvalue weighted by molar-refractivity contribution is 5.95. The van der Waals surface area contributed by atoms with Gasteiger partial charge < -0.3 is 18.3 Å². The summed E-state index contributed by atoms with van der Waals surface area (Å²) in [4.78, 5) is 36.9. The van der Waals surface area contributed by atoms with Gasteiger partial charge in [-0.15, -0.1) is 0 Å². The maximum atomic E-state index is 13.7. The van der Waals surface area contributed by atoms with E-state index in [2.05, 4.69) is 4.74 Å². The normalized spacial score (nSPS) is 11.2. The van der Waals surface area contributed by atoms with Gasteiger partial charge in [0.1, 0.15) is 16.9 Å². The molecule has 0 radical (unpaired) electrons. The van der Waals surface area contributed by atoms with E-state index in [1.165, 1.54) is 12.1 Å². The van der Waals surface area contributed by atoms with Gasteiger partial charge in [0.05, 0.1) is 5.56 Å². The first kappa shape index (κ1) is 24.7. The zero-order valence-electron chi connectivity index (χ0n) is 18.7. The highest BCUT2D eigenvalue weighted by Gasteiger charge is 2.27. The molecular formula is C26H11F5O7. The van der Waals surface area contributed by atoms with E-state index in [-0.39, 0.29) is 27.8 Å². The van der Waals surface area contributed by atoms with Crippen LogP contribution >= 0.6 is 0 Å². The number of halogens is 5. The highest BCUT2D eigenvalue weighted by atomic mass is 19.2. The number of benzene rings is 3. The van der Waals surface area contributed by atoms with Gasteiger partial charge in [-0.3, -0.25) is 0 Å². The fourth-order valence-electron chi connectivity index (χ4n) is 3.68. The lowest BCUT2D eigenvalue weighted by atomic mass is 10.0. The summed E-state index contributed by atoms with van der Waals surface area (Å²) in [5, 5.41) is 0.882. The number of ether oxygens (including phenoxy) is 2. The Bertz CT molecular complexity index is 1850. The lowest BCUT2D eigenvalue weighted by molar-refractivity contribution is -0.136. The Balaban J connectivity index is 1.43. The van der Waals surface area contributed by atoms with Gasteiger partial charge in [0.2, 0.25) is 29.1 Å². The minimum absolute atomic E-state index is 0.0718. The Labute approximate surface area is 207 Å². The minimum Gasteiger partial charge on any atom is -0.476 e. The number of carbonyl (C=O) groups is 1. The third kappa shape index (κ3) is 4.36. The first-order valence-corrected chi connectivity index (χ1v) is 10.6. The average molecular weight is 530 g/mol. The van der Waals surface area contributed by atoms with E-state index < -0.39 is 58.7 Å². The summed E-state index contributed by atoms with van der Waals surface area (Å²) in [6.45, 7) is -1.22. The molecule has 0 aliphatic carbocycles. The molecule has 5 rings (SSSR count). The molecule has 3 aromatic carbocycles. The van der Waals surface area contributed by atoms with Crippen molar-refractivity contribution in [3.05, 3.63) is 105 Å². The number of rotatable bonds is 5. The topological polar surface area (TPSA) is 96.0 Å². The van der Waals surface area contributed by atoms with Crippen LogP contribution in [0.15, 0.2) is 73.0 Å². The minimum atomic E-state index is -2.38. The zero-order chi connectivity index (χ0) is 27.1. The molecule has 0 unspecified atom stereocenters. The van der Waals surface area contributed by atoms with Gasteiger partial charge in [0.25, 0.3) is 0 Å². The summed E-state index contributed by atoms with van der Waals surface area (Å²) >= 11 is 0. The van der Waals surface area contributed by atoms with Gasteiger partial charge in [-0.05, 0) is 24.3 Å². The van der Waals surface area contributed by atoms with Gasteiger partial charge in [-0.1, -0.05) is 18.2 Å². The summed E-state index contributed by atoms with van der Waals surface area (Å²) in [6.07, 6.45) is 0. The summed E-state index contributed by atoms with van der Waals surface area (Å²) in [6, 6.07) is 13.1. The van der Waals surface area contributed by atoms with Gasteiger partial charge in [-0.25, -0.2) is 27.6 Å². The number of para-hydroxylation sites is 1. The lowest BCUT2D eigenvalue weighted by Crippen LogP contribution is -2.19. The van der Waals surface area contributed by atoms with Crippen LogP contribution in [0.2, 0.25) is 0 Å². The molecule has 0 N–H and O–H groups in total. The van der Waals surface area contributed by atoms with Crippen LogP contribution in [0.5, 0.6) is 11.5 Å². The third-order valence-electron chi connectivity index (χ3n) is 5.38. The molecule has 2 aromatic heterocycles. The molecule has 0 bridgehead atoms. The number of hydrogen-bond donors (Lipinski definition) is 0. The lowest BCUT2D eigenvalue weighted by Gasteiger charge is -2.11. The number of fused-ring (bicyclic) bond motifs is 2. The second-order valence-corrected chi connectivity index (χ2v) is 7.78. The predicted octanol–water partition coefficient (Wildman–Crippen LogP) is 5.25. The summed E-state index contributed by atoms with van der Waals surface area (Å²) in [5.41, 5.74) is -1.04. The summed E-state index contributed by atoms with van der Waals surface area (Å²) in [5.74, 6) is -14.5. The molecule has 5 aromatic rings. The SMILES string of the molecule is O=C(COc1c(F)c(F)c(F)c(F)c1F)Oc1ccc2c(-c3cc4ccccc4oc3=O)cc(=O)oc2c1. The van der Waals surface area contributed by atoms with Crippen LogP contribution in [0.3, 0.4) is 0 Å². The second kappa shape index (κ2) is 9.47. The van der Waals surface area contributed by atoms with Crippen LogP contribution in [0.1, 0.15) is 0 Å². The maximum absolute atomic E-state index is 13.7. The van der Waals surface area contributed by atoms with Crippen molar-refractivity contribution in [1.29, 1.82) is 0 Å². The molecule has 0 amide bonds. The first-order chi connectivity index (χ1) is 18.1. The van der Waals surface area contributed by atoms with Crippen molar-refractivity contribution in [2.75, 3.05) is 6.61 Å². The second-order valence-electron chi connectivity index (χ2n) is 7.78. The van der Waals surface area contributed by atoms with Crippen LogP contribution in [0.25, 0.3) is 33.1 Å². The fourth-order valence-corrected chi connectivity index (χ4v) is 3.68. The van der Waals surface area contributed by atoms with Gasteiger partial charge in [0.15, 0.2) is 12.4 Å². The first-order valence-electron chi connectivity index (χ1n) is 10.6. The molecule has 0 saturated heterocycles. The molecule has 38 heavy (non-hydrogen) atoms. The molecule has 2 heterocycles. The molecule has 0 saturated carbocycles. The van der Waals surface area contributed by atoms with Gasteiger partial charge in [-0.2, -0.15) is 8.78 Å². The van der Waals surface area contributed by atoms with Crippen molar-refractivity contribution in [2.24, 2.45) is 0 Å². The summed E-state index contributed by atoms with van der Waals surface area (Å²) < 4.78 is 87.0. The highest BCUT2D eigenvalue weighted by Crippen LogP contribution is 2.31. The zero-order valence-corrected chi connectivity index (χ0v) is 18.7. The molecule has 0 aliphatic rings. The van der Waals surface area contributed by atoms with Crippen molar-refractivity contribution in [1.82, 2.24) is 0 Å². The standard InChI is InChI=1S/C26H11F5O7/c27-20-21(28)23(30)25(24(31)22(20)29)35-10-19(33)36-12-5-6-13-14(9-18(32)37-17(13)8-12)15-7-11-3-1-2-4-16(11)38-26(15)34/h1-9H,10H2. The number of carbonyl (C=O) groups excluding carboxylic acids is 1. The van der Waals surface area contributed by atoms with Crippen LogP contribution in [-0.4, -0.2) is 12.6 Å². The molecule has 12 heteroatoms. The Kier molecular flexibility index (Phi) is 6.15. The molecule has 192 valence electrons. The third-order valence-corrected chi connectivity index (χ3v) is 5.38. The predicted molar refractivity (Wildman–Crippen MR) is 121 cm³/mol. The molecular weight excluding hydrogens is 519 g/mol. The fraction of sp³-hybridized carbons (Fsp3) is 0.0385. The van der Waals surface area contributed by atoms with E-state index in [1.54, 1.807) is 30.3 Å². The summed E-state index contributed by atoms with van der Waals surface area (Å²) in [7, 11) is 0. The van der Waals surface area contributed by atoms with Crippen LogP contribution in [0.4, 0.5) is 22.0 Å². The quantitative estimate of drug-likeness (QED) is 0.0765. The van der Waals surface area contributed by atoms with Crippen molar-refractivity contribution < 1.29 is 45.1 Å². The number of hydrogen-bond acceptors (Lipinski definition) is 7. The van der Waals surface area contributed by atoms with Crippen LogP contribution < -0.4 is 20.7 Å². The Morgan fingerprint density at radius 2 is 1.42 bits per heavy atom. The van der Waals surface area contributed by atoms with Gasteiger partial charge >= 0.3 is 17.2 Å². The van der Waals surface area contributed by atoms with Crippen molar-refractivity contribution in [3.8, 4) is 22.6 Å². The molecule has 0 aliphatic heterocycles. The maximum Gasteiger partial charge on any atom is 0.349 e. The largest absolute Gasteiger partial charge is 0.476 e. The Morgan fingerprint density at radius 3 is 2.16 bits per heavy atom. The van der Waals surface area contributed by atoms with Gasteiger partial charge in [0, 0.05) is 28.5 Å².